The van der Waals surface area contributed by atoms with Crippen molar-refractivity contribution in [3.05, 3.63) is 57.6 Å². The fourth-order valence-electron chi connectivity index (χ4n) is 4.03. The van der Waals surface area contributed by atoms with Gasteiger partial charge in [0.25, 0.3) is 5.56 Å². The molecule has 1 fully saturated rings. The van der Waals surface area contributed by atoms with Crippen molar-refractivity contribution in [3.63, 3.8) is 0 Å². The lowest BCUT2D eigenvalue weighted by molar-refractivity contribution is 0.178. The lowest BCUT2D eigenvalue weighted by atomic mass is 10.2. The summed E-state index contributed by atoms with van der Waals surface area (Å²) in [5, 5.41) is 0.995. The normalized spacial score (nSPS) is 17.7. The van der Waals surface area contributed by atoms with Crippen LogP contribution in [0.1, 0.15) is 12.2 Å². The summed E-state index contributed by atoms with van der Waals surface area (Å²) in [6, 6.07) is 9.72. The Bertz CT molecular complexity index is 1350. The first-order valence-corrected chi connectivity index (χ1v) is 12.5. The molecule has 33 heavy (non-hydrogen) atoms. The average Bonchev–Trinajstić information content (AvgIpc) is 3.04. The van der Waals surface area contributed by atoms with Crippen molar-refractivity contribution in [1.29, 1.82) is 0 Å². The van der Waals surface area contributed by atoms with Crippen molar-refractivity contribution in [2.24, 2.45) is 0 Å². The van der Waals surface area contributed by atoms with E-state index in [1.54, 1.807) is 30.3 Å². The molecular weight excluding hydrogens is 468 g/mol. The molecule has 2 aliphatic heterocycles. The number of aromatic nitrogens is 2. The molecule has 0 bridgehead atoms. The molecule has 0 saturated carbocycles. The molecule has 3 aromatic rings. The predicted molar refractivity (Wildman–Crippen MR) is 123 cm³/mol. The van der Waals surface area contributed by atoms with Crippen molar-refractivity contribution < 1.29 is 17.9 Å². The Balaban J connectivity index is 1.28. The van der Waals surface area contributed by atoms with Crippen LogP contribution in [0.15, 0.2) is 46.1 Å². The minimum Gasteiger partial charge on any atom is -0.490 e. The standard InChI is InChI=1S/C22H23ClN4O5S/c23-15-2-4-17-18(12-15)24-21(25-22(17)28)14-26-6-8-27(9-7-26)33(29,30)16-3-5-19-20(13-16)32-11-1-10-31-19/h2-5,12-13H,1,6-11,14H2,(H,24,25,28). The summed E-state index contributed by atoms with van der Waals surface area (Å²) in [5.74, 6) is 1.54. The van der Waals surface area contributed by atoms with E-state index in [1.165, 1.54) is 10.4 Å². The molecule has 0 spiro atoms. The van der Waals surface area contributed by atoms with Gasteiger partial charge in [0, 0.05) is 43.7 Å². The maximum absolute atomic E-state index is 13.2. The number of hydrogen-bond acceptors (Lipinski definition) is 7. The molecule has 5 rings (SSSR count). The quantitative estimate of drug-likeness (QED) is 0.598. The van der Waals surface area contributed by atoms with Crippen molar-refractivity contribution in [1.82, 2.24) is 19.2 Å². The predicted octanol–water partition coefficient (Wildman–Crippen LogP) is 2.24. The third kappa shape index (κ3) is 4.56. The number of nitrogens with one attached hydrogen (secondary N) is 1. The van der Waals surface area contributed by atoms with Crippen LogP contribution in [0.5, 0.6) is 11.5 Å². The van der Waals surface area contributed by atoms with Gasteiger partial charge in [-0.1, -0.05) is 11.6 Å². The first-order valence-electron chi connectivity index (χ1n) is 10.7. The second kappa shape index (κ2) is 8.94. The van der Waals surface area contributed by atoms with E-state index in [0.29, 0.717) is 79.2 Å². The lowest BCUT2D eigenvalue weighted by Gasteiger charge is -2.33. The molecule has 11 heteroatoms. The maximum Gasteiger partial charge on any atom is 0.258 e. The van der Waals surface area contributed by atoms with E-state index < -0.39 is 10.0 Å². The van der Waals surface area contributed by atoms with E-state index in [0.717, 1.165) is 6.42 Å². The van der Waals surface area contributed by atoms with Gasteiger partial charge in [0.1, 0.15) is 5.82 Å². The Morgan fingerprint density at radius 3 is 2.55 bits per heavy atom. The summed E-state index contributed by atoms with van der Waals surface area (Å²) in [5.41, 5.74) is 0.319. The van der Waals surface area contributed by atoms with E-state index in [2.05, 4.69) is 14.9 Å². The molecule has 0 unspecified atom stereocenters. The minimum absolute atomic E-state index is 0.192. The monoisotopic (exact) mass is 490 g/mol. The van der Waals surface area contributed by atoms with Gasteiger partial charge >= 0.3 is 0 Å². The van der Waals surface area contributed by atoms with Crippen LogP contribution in [0.3, 0.4) is 0 Å². The zero-order valence-electron chi connectivity index (χ0n) is 17.8. The fraction of sp³-hybridized carbons (Fsp3) is 0.364. The maximum atomic E-state index is 13.2. The van der Waals surface area contributed by atoms with E-state index >= 15 is 0 Å². The molecule has 9 nitrogen and oxygen atoms in total. The number of rotatable bonds is 4. The van der Waals surface area contributed by atoms with Crippen LogP contribution in [0, 0.1) is 0 Å². The van der Waals surface area contributed by atoms with Gasteiger partial charge in [-0.25, -0.2) is 13.4 Å². The highest BCUT2D eigenvalue weighted by Gasteiger charge is 2.30. The van der Waals surface area contributed by atoms with Gasteiger partial charge in [-0.15, -0.1) is 0 Å². The van der Waals surface area contributed by atoms with E-state index in [-0.39, 0.29) is 10.5 Å². The van der Waals surface area contributed by atoms with Gasteiger partial charge in [0.15, 0.2) is 11.5 Å². The molecule has 1 N–H and O–H groups in total. The number of halogens is 1. The molecule has 2 aromatic carbocycles. The molecule has 1 aromatic heterocycles. The van der Waals surface area contributed by atoms with Crippen LogP contribution in [-0.4, -0.2) is 67.0 Å². The molecular formula is C22H23ClN4O5S. The second-order valence-electron chi connectivity index (χ2n) is 8.01. The summed E-state index contributed by atoms with van der Waals surface area (Å²) in [6.07, 6.45) is 0.753. The zero-order valence-corrected chi connectivity index (χ0v) is 19.4. The van der Waals surface area contributed by atoms with Gasteiger partial charge in [-0.3, -0.25) is 9.69 Å². The third-order valence-corrected chi connectivity index (χ3v) is 7.91. The number of benzene rings is 2. The highest BCUT2D eigenvalue weighted by atomic mass is 35.5. The summed E-state index contributed by atoms with van der Waals surface area (Å²) >= 11 is 6.03. The molecule has 174 valence electrons. The Labute approximate surface area is 195 Å². The highest BCUT2D eigenvalue weighted by Crippen LogP contribution is 2.33. The van der Waals surface area contributed by atoms with Crippen molar-refractivity contribution in [2.75, 3.05) is 39.4 Å². The number of fused-ring (bicyclic) bond motifs is 2. The first-order chi connectivity index (χ1) is 15.9. The van der Waals surface area contributed by atoms with Crippen LogP contribution in [0.25, 0.3) is 10.9 Å². The van der Waals surface area contributed by atoms with Crippen LogP contribution in [-0.2, 0) is 16.6 Å². The van der Waals surface area contributed by atoms with Gasteiger partial charge in [0.05, 0.1) is 35.6 Å². The second-order valence-corrected chi connectivity index (χ2v) is 10.4. The topological polar surface area (TPSA) is 105 Å². The van der Waals surface area contributed by atoms with Crippen molar-refractivity contribution in [3.8, 4) is 11.5 Å². The molecule has 0 atom stereocenters. The number of nitrogens with zero attached hydrogens (tertiary/aromatic N) is 3. The van der Waals surface area contributed by atoms with Crippen molar-refractivity contribution >= 4 is 32.5 Å². The SMILES string of the molecule is O=c1[nH]c(CN2CCN(S(=O)(=O)c3ccc4c(c3)OCCCO4)CC2)nc2cc(Cl)ccc12. The average molecular weight is 491 g/mol. The Morgan fingerprint density at radius 1 is 1.00 bits per heavy atom. The smallest absolute Gasteiger partial charge is 0.258 e. The van der Waals surface area contributed by atoms with Crippen LogP contribution in [0.2, 0.25) is 5.02 Å². The van der Waals surface area contributed by atoms with E-state index in [1.807, 2.05) is 0 Å². The number of piperazine rings is 1. The highest BCUT2D eigenvalue weighted by molar-refractivity contribution is 7.89. The van der Waals surface area contributed by atoms with Gasteiger partial charge in [-0.05, 0) is 30.3 Å². The third-order valence-electron chi connectivity index (χ3n) is 5.78. The Morgan fingerprint density at radius 2 is 1.76 bits per heavy atom. The van der Waals surface area contributed by atoms with Crippen LogP contribution < -0.4 is 15.0 Å². The number of H-pyrrole nitrogens is 1. The molecule has 0 radical (unpaired) electrons. The van der Waals surface area contributed by atoms with Crippen molar-refractivity contribution in [2.45, 2.75) is 17.9 Å². The van der Waals surface area contributed by atoms with Crippen LogP contribution in [0.4, 0.5) is 0 Å². The largest absolute Gasteiger partial charge is 0.490 e. The van der Waals surface area contributed by atoms with Crippen LogP contribution >= 0.6 is 11.6 Å². The number of sulfonamides is 1. The van der Waals surface area contributed by atoms with Gasteiger partial charge < -0.3 is 14.5 Å². The number of ether oxygens (including phenoxy) is 2. The minimum atomic E-state index is -3.66. The Kier molecular flexibility index (Phi) is 6.00. The van der Waals surface area contributed by atoms with Gasteiger partial charge in [-0.2, -0.15) is 4.31 Å². The van der Waals surface area contributed by atoms with Gasteiger partial charge in [0.2, 0.25) is 10.0 Å². The summed E-state index contributed by atoms with van der Waals surface area (Å²) in [7, 11) is -3.66. The number of aromatic amines is 1. The molecule has 2 aliphatic rings. The molecule has 3 heterocycles. The summed E-state index contributed by atoms with van der Waals surface area (Å²) in [6.45, 7) is 3.15. The van der Waals surface area contributed by atoms with E-state index in [4.69, 9.17) is 21.1 Å². The molecule has 0 aliphatic carbocycles. The summed E-state index contributed by atoms with van der Waals surface area (Å²) in [4.78, 5) is 21.9. The Hall–Kier alpha value is -2.66. The zero-order chi connectivity index (χ0) is 23.0. The molecule has 0 amide bonds. The fourth-order valence-corrected chi connectivity index (χ4v) is 5.63. The van der Waals surface area contributed by atoms with E-state index in [9.17, 15) is 13.2 Å². The summed E-state index contributed by atoms with van der Waals surface area (Å²) < 4.78 is 39.1. The first kappa shape index (κ1) is 22.1. The lowest BCUT2D eigenvalue weighted by Crippen LogP contribution is -2.48. The number of hydrogen-bond donors (Lipinski definition) is 1. The molecule has 1 saturated heterocycles.